The number of nitrogens with one attached hydrogen (secondary N) is 1. The Bertz CT molecular complexity index is 958. The van der Waals surface area contributed by atoms with Gasteiger partial charge in [0.25, 0.3) is 5.91 Å². The molecule has 1 saturated heterocycles. The van der Waals surface area contributed by atoms with Crippen LogP contribution < -0.4 is 10.2 Å². The minimum Gasteiger partial charge on any atom is -0.351 e. The first-order valence-corrected chi connectivity index (χ1v) is 10.6. The van der Waals surface area contributed by atoms with Crippen LogP contribution >= 0.6 is 11.3 Å². The summed E-state index contributed by atoms with van der Waals surface area (Å²) in [7, 11) is 0. The van der Waals surface area contributed by atoms with Crippen molar-refractivity contribution in [2.75, 3.05) is 44.2 Å². The summed E-state index contributed by atoms with van der Waals surface area (Å²) in [5, 5.41) is 4.15. The first kappa shape index (κ1) is 18.9. The van der Waals surface area contributed by atoms with Crippen molar-refractivity contribution in [3.63, 3.8) is 0 Å². The van der Waals surface area contributed by atoms with Gasteiger partial charge in [-0.2, -0.15) is 0 Å². The molecular formula is C22H26N4OS. The van der Waals surface area contributed by atoms with Crippen molar-refractivity contribution in [3.8, 4) is 0 Å². The number of amides is 1. The van der Waals surface area contributed by atoms with Crippen LogP contribution in [-0.4, -0.2) is 55.1 Å². The first-order chi connectivity index (χ1) is 13.6. The lowest BCUT2D eigenvalue weighted by atomic mass is 10.1. The summed E-state index contributed by atoms with van der Waals surface area (Å²) in [4.78, 5) is 21.8. The van der Waals surface area contributed by atoms with Crippen molar-refractivity contribution < 1.29 is 4.79 Å². The van der Waals surface area contributed by atoms with Crippen molar-refractivity contribution in [1.29, 1.82) is 0 Å². The Hall–Kier alpha value is -2.44. The largest absolute Gasteiger partial charge is 0.351 e. The number of hydrogen-bond acceptors (Lipinski definition) is 5. The van der Waals surface area contributed by atoms with Gasteiger partial charge in [-0.15, -0.1) is 0 Å². The number of benzene rings is 2. The lowest BCUT2D eigenvalue weighted by molar-refractivity contribution is 0.0948. The number of nitrogens with zero attached hydrogens (tertiary/aromatic N) is 3. The molecule has 1 fully saturated rings. The van der Waals surface area contributed by atoms with Gasteiger partial charge in [0.1, 0.15) is 0 Å². The van der Waals surface area contributed by atoms with Crippen LogP contribution in [0, 0.1) is 13.8 Å². The summed E-state index contributed by atoms with van der Waals surface area (Å²) in [6.07, 6.45) is 0. The second-order valence-corrected chi connectivity index (χ2v) is 8.43. The van der Waals surface area contributed by atoms with E-state index in [9.17, 15) is 4.79 Å². The van der Waals surface area contributed by atoms with Crippen LogP contribution in [0.3, 0.4) is 0 Å². The molecular weight excluding hydrogens is 368 g/mol. The van der Waals surface area contributed by atoms with E-state index in [2.05, 4.69) is 40.2 Å². The van der Waals surface area contributed by atoms with Gasteiger partial charge in [-0.05, 0) is 43.7 Å². The fraction of sp³-hybridized carbons (Fsp3) is 0.364. The zero-order chi connectivity index (χ0) is 19.5. The van der Waals surface area contributed by atoms with Crippen molar-refractivity contribution >= 4 is 32.6 Å². The van der Waals surface area contributed by atoms with E-state index in [0.717, 1.165) is 54.5 Å². The van der Waals surface area contributed by atoms with Gasteiger partial charge in [-0.1, -0.05) is 35.1 Å². The number of aryl methyl sites for hydroxylation is 2. The first-order valence-electron chi connectivity index (χ1n) is 9.78. The zero-order valence-corrected chi connectivity index (χ0v) is 17.3. The number of rotatable bonds is 5. The molecule has 0 aliphatic carbocycles. The maximum atomic E-state index is 12.2. The number of anilines is 1. The molecule has 1 aromatic heterocycles. The number of hydrogen-bond donors (Lipinski definition) is 1. The quantitative estimate of drug-likeness (QED) is 0.720. The Balaban J connectivity index is 1.24. The molecule has 146 valence electrons. The number of carbonyl (C=O) groups is 1. The number of carbonyl (C=O) groups excluding carboxylic acids is 1. The van der Waals surface area contributed by atoms with Crippen LogP contribution in [-0.2, 0) is 0 Å². The number of piperazine rings is 1. The normalized spacial score (nSPS) is 15.1. The molecule has 4 rings (SSSR count). The van der Waals surface area contributed by atoms with E-state index in [0.29, 0.717) is 6.54 Å². The fourth-order valence-electron chi connectivity index (χ4n) is 3.45. The highest BCUT2D eigenvalue weighted by Crippen LogP contribution is 2.29. The van der Waals surface area contributed by atoms with Crippen molar-refractivity contribution in [2.24, 2.45) is 0 Å². The van der Waals surface area contributed by atoms with E-state index in [4.69, 9.17) is 4.98 Å². The van der Waals surface area contributed by atoms with Crippen LogP contribution in [0.1, 0.15) is 21.5 Å². The second kappa shape index (κ2) is 8.29. The molecule has 1 aliphatic rings. The highest BCUT2D eigenvalue weighted by atomic mass is 32.1. The maximum absolute atomic E-state index is 12.2. The van der Waals surface area contributed by atoms with Crippen LogP contribution in [0.15, 0.2) is 42.5 Å². The molecule has 1 N–H and O–H groups in total. The molecule has 28 heavy (non-hydrogen) atoms. The zero-order valence-electron chi connectivity index (χ0n) is 16.4. The Morgan fingerprint density at radius 2 is 1.75 bits per heavy atom. The van der Waals surface area contributed by atoms with Crippen LogP contribution in [0.5, 0.6) is 0 Å². The van der Waals surface area contributed by atoms with Crippen molar-refractivity contribution in [2.45, 2.75) is 13.8 Å². The maximum Gasteiger partial charge on any atom is 0.251 e. The average Bonchev–Trinajstić information content (AvgIpc) is 3.12. The number of fused-ring (bicyclic) bond motifs is 1. The minimum atomic E-state index is 0.00315. The minimum absolute atomic E-state index is 0.00315. The summed E-state index contributed by atoms with van der Waals surface area (Å²) >= 11 is 1.78. The Kier molecular flexibility index (Phi) is 5.59. The van der Waals surface area contributed by atoms with E-state index in [1.807, 2.05) is 31.2 Å². The van der Waals surface area contributed by atoms with Crippen LogP contribution in [0.25, 0.3) is 10.2 Å². The summed E-state index contributed by atoms with van der Waals surface area (Å²) in [6, 6.07) is 14.1. The molecule has 0 atom stereocenters. The fourth-order valence-corrected chi connectivity index (χ4v) is 4.57. The van der Waals surface area contributed by atoms with Crippen molar-refractivity contribution in [3.05, 3.63) is 59.2 Å². The predicted octanol–water partition coefficient (Wildman–Crippen LogP) is 3.47. The predicted molar refractivity (Wildman–Crippen MR) is 117 cm³/mol. The monoisotopic (exact) mass is 394 g/mol. The van der Waals surface area contributed by atoms with E-state index < -0.39 is 0 Å². The topological polar surface area (TPSA) is 48.5 Å². The van der Waals surface area contributed by atoms with Gasteiger partial charge in [-0.3, -0.25) is 9.69 Å². The lowest BCUT2D eigenvalue weighted by Crippen LogP contribution is -2.48. The number of thiazole rings is 1. The van der Waals surface area contributed by atoms with E-state index >= 15 is 0 Å². The van der Waals surface area contributed by atoms with Gasteiger partial charge in [0.05, 0.1) is 10.2 Å². The summed E-state index contributed by atoms with van der Waals surface area (Å²) in [5.74, 6) is 0.00315. The Morgan fingerprint density at radius 1 is 1.04 bits per heavy atom. The highest BCUT2D eigenvalue weighted by molar-refractivity contribution is 7.22. The molecule has 0 radical (unpaired) electrons. The SMILES string of the molecule is Cc1ccc(C(=O)NCCN2CCN(c3nc4ccc(C)cc4s3)CC2)cc1. The Labute approximate surface area is 170 Å². The van der Waals surface area contributed by atoms with E-state index in [-0.39, 0.29) is 5.91 Å². The van der Waals surface area contributed by atoms with Gasteiger partial charge in [-0.25, -0.2) is 4.98 Å². The molecule has 3 aromatic rings. The summed E-state index contributed by atoms with van der Waals surface area (Å²) in [5.41, 5.74) is 4.26. The van der Waals surface area contributed by atoms with Gasteiger partial charge in [0.2, 0.25) is 0 Å². The number of aromatic nitrogens is 1. The molecule has 0 unspecified atom stereocenters. The van der Waals surface area contributed by atoms with Crippen LogP contribution in [0.4, 0.5) is 5.13 Å². The molecule has 6 heteroatoms. The van der Waals surface area contributed by atoms with Gasteiger partial charge in [0.15, 0.2) is 5.13 Å². The molecule has 5 nitrogen and oxygen atoms in total. The summed E-state index contributed by atoms with van der Waals surface area (Å²) in [6.45, 7) is 9.64. The van der Waals surface area contributed by atoms with Crippen molar-refractivity contribution in [1.82, 2.24) is 15.2 Å². The third kappa shape index (κ3) is 4.34. The molecule has 2 aromatic carbocycles. The highest BCUT2D eigenvalue weighted by Gasteiger charge is 2.19. The summed E-state index contributed by atoms with van der Waals surface area (Å²) < 4.78 is 1.26. The molecule has 0 bridgehead atoms. The van der Waals surface area contributed by atoms with Gasteiger partial charge < -0.3 is 10.2 Å². The average molecular weight is 395 g/mol. The molecule has 0 saturated carbocycles. The molecule has 0 spiro atoms. The van der Waals surface area contributed by atoms with E-state index in [1.165, 1.54) is 10.3 Å². The molecule has 2 heterocycles. The lowest BCUT2D eigenvalue weighted by Gasteiger charge is -2.34. The smallest absolute Gasteiger partial charge is 0.251 e. The molecule has 1 aliphatic heterocycles. The second-order valence-electron chi connectivity index (χ2n) is 7.42. The Morgan fingerprint density at radius 3 is 2.50 bits per heavy atom. The third-order valence-electron chi connectivity index (χ3n) is 5.20. The molecule has 1 amide bonds. The standard InChI is InChI=1S/C22H26N4OS/c1-16-3-6-18(7-4-16)21(27)23-9-10-25-11-13-26(14-12-25)22-24-19-8-5-17(2)15-20(19)28-22/h3-8,15H,9-14H2,1-2H3,(H,23,27). The van der Waals surface area contributed by atoms with Gasteiger partial charge in [0, 0.05) is 44.8 Å². The van der Waals surface area contributed by atoms with Crippen LogP contribution in [0.2, 0.25) is 0 Å². The van der Waals surface area contributed by atoms with E-state index in [1.54, 1.807) is 11.3 Å². The third-order valence-corrected chi connectivity index (χ3v) is 6.28. The van der Waals surface area contributed by atoms with Gasteiger partial charge >= 0.3 is 0 Å².